The molecule has 0 heterocycles. The lowest BCUT2D eigenvalue weighted by Gasteiger charge is -2.05. The second-order valence-electron chi connectivity index (χ2n) is 4.89. The second-order valence-corrected chi connectivity index (χ2v) is 9.91. The Morgan fingerprint density at radius 2 is 1.85 bits per heavy atom. The standard InChI is InChI=1S/C12H24Si/c1-6-7-8-9-12(2)10-11-13(3,4)5/h11H,6-9H2,1-5H3. The van der Waals surface area contributed by atoms with E-state index >= 15 is 0 Å². The molecule has 0 unspecified atom stereocenters. The van der Waals surface area contributed by atoms with Gasteiger partial charge in [-0.25, -0.2) is 0 Å². The highest BCUT2D eigenvalue weighted by molar-refractivity contribution is 6.80. The van der Waals surface area contributed by atoms with Gasteiger partial charge in [-0.05, 0) is 25.3 Å². The lowest BCUT2D eigenvalue weighted by Crippen LogP contribution is -2.14. The van der Waals surface area contributed by atoms with Gasteiger partial charge < -0.3 is 0 Å². The first-order valence-electron chi connectivity index (χ1n) is 5.39. The Kier molecular flexibility index (Phi) is 6.10. The maximum atomic E-state index is 3.43. The number of hydrogen-bond donors (Lipinski definition) is 0. The highest BCUT2D eigenvalue weighted by Gasteiger charge is 2.06. The van der Waals surface area contributed by atoms with Gasteiger partial charge in [0.05, 0.1) is 8.07 Å². The molecule has 1 heteroatoms. The number of hydrogen-bond acceptors (Lipinski definition) is 0. The SMILES string of the molecule is CCCCCC(C)=C=C[Si](C)(C)C. The number of unbranched alkanes of at least 4 members (excludes halogenated alkanes) is 2. The van der Waals surface area contributed by atoms with Crippen molar-refractivity contribution < 1.29 is 0 Å². The van der Waals surface area contributed by atoms with Gasteiger partial charge in [0, 0.05) is 0 Å². The van der Waals surface area contributed by atoms with E-state index in [1.54, 1.807) is 0 Å². The molecule has 0 saturated heterocycles. The Bertz CT molecular complexity index is 190. The van der Waals surface area contributed by atoms with Crippen LogP contribution in [-0.4, -0.2) is 8.07 Å². The molecule has 0 aliphatic heterocycles. The molecule has 0 N–H and O–H groups in total. The van der Waals surface area contributed by atoms with Crippen LogP contribution in [0.25, 0.3) is 0 Å². The molecule has 13 heavy (non-hydrogen) atoms. The van der Waals surface area contributed by atoms with E-state index in [0.29, 0.717) is 0 Å². The average molecular weight is 196 g/mol. The predicted molar refractivity (Wildman–Crippen MR) is 64.8 cm³/mol. The van der Waals surface area contributed by atoms with Crippen molar-refractivity contribution >= 4 is 8.07 Å². The average Bonchev–Trinajstić information content (AvgIpc) is 2.00. The second kappa shape index (κ2) is 6.23. The molecule has 0 rings (SSSR count). The predicted octanol–water partition coefficient (Wildman–Crippen LogP) is 4.55. The molecule has 0 aromatic carbocycles. The van der Waals surface area contributed by atoms with Crippen molar-refractivity contribution in [1.82, 2.24) is 0 Å². The van der Waals surface area contributed by atoms with Crippen LogP contribution < -0.4 is 0 Å². The molecule has 76 valence electrons. The van der Waals surface area contributed by atoms with Crippen molar-refractivity contribution in [3.8, 4) is 0 Å². The fraction of sp³-hybridized carbons (Fsp3) is 0.750. The zero-order valence-corrected chi connectivity index (χ0v) is 10.9. The first-order chi connectivity index (χ1) is 5.95. The van der Waals surface area contributed by atoms with E-state index < -0.39 is 8.07 Å². The van der Waals surface area contributed by atoms with E-state index in [-0.39, 0.29) is 0 Å². The Balaban J connectivity index is 3.94. The zero-order chi connectivity index (χ0) is 10.3. The summed E-state index contributed by atoms with van der Waals surface area (Å²) in [6.07, 6.45) is 5.22. The largest absolute Gasteiger partial charge is 0.131 e. The first-order valence-corrected chi connectivity index (χ1v) is 8.97. The van der Waals surface area contributed by atoms with Crippen molar-refractivity contribution in [2.45, 2.75) is 59.2 Å². The maximum Gasteiger partial charge on any atom is 0.0781 e. The molecule has 0 radical (unpaired) electrons. The molecular weight excluding hydrogens is 172 g/mol. The molecule has 0 aliphatic rings. The minimum absolute atomic E-state index is 1.02. The van der Waals surface area contributed by atoms with E-state index in [1.807, 2.05) is 0 Å². The summed E-state index contributed by atoms with van der Waals surface area (Å²) in [7, 11) is -1.02. The fourth-order valence-electron chi connectivity index (χ4n) is 1.05. The third kappa shape index (κ3) is 9.65. The quantitative estimate of drug-likeness (QED) is 0.344. The zero-order valence-electron chi connectivity index (χ0n) is 9.91. The van der Waals surface area contributed by atoms with Crippen molar-refractivity contribution in [2.75, 3.05) is 0 Å². The summed E-state index contributed by atoms with van der Waals surface area (Å²) < 4.78 is 0. The summed E-state index contributed by atoms with van der Waals surface area (Å²) in [6, 6.07) is 0. The molecule has 0 fully saturated rings. The molecule has 0 saturated carbocycles. The van der Waals surface area contributed by atoms with Gasteiger partial charge in [-0.3, -0.25) is 0 Å². The van der Waals surface area contributed by atoms with Gasteiger partial charge in [-0.2, -0.15) is 0 Å². The number of allylic oxidation sites excluding steroid dienone is 1. The Morgan fingerprint density at radius 3 is 2.31 bits per heavy atom. The van der Waals surface area contributed by atoms with Crippen LogP contribution in [0, 0.1) is 0 Å². The van der Waals surface area contributed by atoms with Gasteiger partial charge in [-0.15, -0.1) is 5.73 Å². The van der Waals surface area contributed by atoms with E-state index in [2.05, 4.69) is 44.9 Å². The lowest BCUT2D eigenvalue weighted by molar-refractivity contribution is 0.714. The molecule has 0 amide bonds. The van der Waals surface area contributed by atoms with Crippen LogP contribution in [0.1, 0.15) is 39.5 Å². The summed E-state index contributed by atoms with van der Waals surface area (Å²) in [6.45, 7) is 11.5. The Labute approximate surface area is 84.8 Å². The Hall–Kier alpha value is -0.263. The van der Waals surface area contributed by atoms with Crippen LogP contribution in [0.5, 0.6) is 0 Å². The molecule has 0 bridgehead atoms. The van der Waals surface area contributed by atoms with E-state index in [1.165, 1.54) is 31.3 Å². The summed E-state index contributed by atoms with van der Waals surface area (Å²) in [5.41, 5.74) is 7.18. The lowest BCUT2D eigenvalue weighted by atomic mass is 10.1. The summed E-state index contributed by atoms with van der Waals surface area (Å²) in [5.74, 6) is 0. The summed E-state index contributed by atoms with van der Waals surface area (Å²) >= 11 is 0. The summed E-state index contributed by atoms with van der Waals surface area (Å²) in [5, 5.41) is 0. The third-order valence-corrected chi connectivity index (χ3v) is 2.92. The van der Waals surface area contributed by atoms with Crippen molar-refractivity contribution in [2.24, 2.45) is 0 Å². The van der Waals surface area contributed by atoms with Crippen molar-refractivity contribution in [1.29, 1.82) is 0 Å². The van der Waals surface area contributed by atoms with Gasteiger partial charge in [0.2, 0.25) is 0 Å². The minimum Gasteiger partial charge on any atom is -0.131 e. The van der Waals surface area contributed by atoms with Crippen LogP contribution in [0.2, 0.25) is 19.6 Å². The van der Waals surface area contributed by atoms with Gasteiger partial charge in [0.25, 0.3) is 0 Å². The van der Waals surface area contributed by atoms with E-state index in [9.17, 15) is 0 Å². The van der Waals surface area contributed by atoms with Crippen molar-refractivity contribution in [3.63, 3.8) is 0 Å². The molecule has 0 nitrogen and oxygen atoms in total. The van der Waals surface area contributed by atoms with Crippen LogP contribution in [-0.2, 0) is 0 Å². The molecule has 0 aliphatic carbocycles. The third-order valence-electron chi connectivity index (χ3n) is 1.91. The smallest absolute Gasteiger partial charge is 0.0781 e. The highest BCUT2D eigenvalue weighted by Crippen LogP contribution is 2.08. The number of rotatable bonds is 5. The maximum absolute atomic E-state index is 3.43. The van der Waals surface area contributed by atoms with Gasteiger partial charge >= 0.3 is 0 Å². The minimum atomic E-state index is -1.02. The normalized spacial score (nSPS) is 10.8. The Morgan fingerprint density at radius 1 is 1.23 bits per heavy atom. The van der Waals surface area contributed by atoms with Gasteiger partial charge in [-0.1, -0.05) is 45.1 Å². The van der Waals surface area contributed by atoms with Crippen LogP contribution in [0.3, 0.4) is 0 Å². The van der Waals surface area contributed by atoms with Gasteiger partial charge in [0.15, 0.2) is 0 Å². The first kappa shape index (κ1) is 12.7. The van der Waals surface area contributed by atoms with E-state index in [4.69, 9.17) is 0 Å². The topological polar surface area (TPSA) is 0 Å². The van der Waals surface area contributed by atoms with Crippen LogP contribution in [0.15, 0.2) is 17.0 Å². The van der Waals surface area contributed by atoms with Gasteiger partial charge in [0.1, 0.15) is 0 Å². The molecule has 0 aromatic heterocycles. The summed E-state index contributed by atoms with van der Waals surface area (Å²) in [4.78, 5) is 0. The van der Waals surface area contributed by atoms with Crippen molar-refractivity contribution in [3.05, 3.63) is 17.0 Å². The fourth-order valence-corrected chi connectivity index (χ4v) is 1.73. The molecule has 0 spiro atoms. The monoisotopic (exact) mass is 196 g/mol. The van der Waals surface area contributed by atoms with Crippen LogP contribution in [0.4, 0.5) is 0 Å². The molecule has 0 aromatic rings. The highest BCUT2D eigenvalue weighted by atomic mass is 28.3. The van der Waals surface area contributed by atoms with Crippen LogP contribution >= 0.6 is 0 Å². The molecular formula is C12H24Si. The molecule has 0 atom stereocenters. The van der Waals surface area contributed by atoms with E-state index in [0.717, 1.165) is 0 Å².